The second kappa shape index (κ2) is 7.40. The van der Waals surface area contributed by atoms with Crippen LogP contribution in [-0.4, -0.2) is 18.7 Å². The van der Waals surface area contributed by atoms with E-state index in [1.807, 2.05) is 30.3 Å². The van der Waals surface area contributed by atoms with Gasteiger partial charge < -0.3 is 4.57 Å². The molecule has 2 aromatic carbocycles. The number of benzene rings is 2. The van der Waals surface area contributed by atoms with E-state index in [1.54, 1.807) is 23.0 Å². The first-order valence-corrected chi connectivity index (χ1v) is 10.2. The second-order valence-corrected chi connectivity index (χ2v) is 7.74. The molecule has 6 nitrogen and oxygen atoms in total. The summed E-state index contributed by atoms with van der Waals surface area (Å²) in [6, 6.07) is 15.4. The first kappa shape index (κ1) is 18.5. The molecule has 1 aliphatic carbocycles. The number of imidazole rings is 1. The molecule has 0 atom stereocenters. The van der Waals surface area contributed by atoms with Crippen molar-refractivity contribution in [2.45, 2.75) is 38.3 Å². The highest BCUT2D eigenvalue weighted by molar-refractivity contribution is 5.72. The number of aromatic nitrogens is 4. The van der Waals surface area contributed by atoms with Crippen LogP contribution in [0.2, 0.25) is 0 Å². The molecule has 4 aromatic rings. The summed E-state index contributed by atoms with van der Waals surface area (Å²) in [7, 11) is 0. The molecule has 0 amide bonds. The average Bonchev–Trinajstić information content (AvgIpc) is 3.40. The average molecular weight is 404 g/mol. The molecule has 0 N–H and O–H groups in total. The summed E-state index contributed by atoms with van der Waals surface area (Å²) in [4.78, 5) is 31.3. The van der Waals surface area contributed by atoms with Gasteiger partial charge in [-0.25, -0.2) is 18.7 Å². The summed E-state index contributed by atoms with van der Waals surface area (Å²) in [6.07, 6.45) is 5.12. The zero-order valence-corrected chi connectivity index (χ0v) is 16.4. The Hall–Kier alpha value is -3.48. The van der Waals surface area contributed by atoms with Crippen LogP contribution in [0.4, 0.5) is 4.39 Å². The molecule has 1 fully saturated rings. The van der Waals surface area contributed by atoms with E-state index in [4.69, 9.17) is 0 Å². The van der Waals surface area contributed by atoms with Gasteiger partial charge in [0.1, 0.15) is 5.82 Å². The maximum Gasteiger partial charge on any atom is 0.337 e. The van der Waals surface area contributed by atoms with E-state index in [9.17, 15) is 14.0 Å². The van der Waals surface area contributed by atoms with Crippen LogP contribution in [0, 0.1) is 5.82 Å². The van der Waals surface area contributed by atoms with E-state index >= 15 is 0 Å². The molecule has 0 spiro atoms. The number of fused-ring (bicyclic) bond motifs is 1. The van der Waals surface area contributed by atoms with Crippen LogP contribution in [0.5, 0.6) is 0 Å². The van der Waals surface area contributed by atoms with E-state index in [0.717, 1.165) is 31.2 Å². The van der Waals surface area contributed by atoms with Crippen LogP contribution >= 0.6 is 0 Å². The summed E-state index contributed by atoms with van der Waals surface area (Å²) in [5.74, 6) is -0.449. The van der Waals surface area contributed by atoms with Gasteiger partial charge in [-0.1, -0.05) is 49.2 Å². The Kier molecular flexibility index (Phi) is 4.58. The van der Waals surface area contributed by atoms with Gasteiger partial charge >= 0.3 is 5.69 Å². The molecule has 0 radical (unpaired) electrons. The SMILES string of the molecule is O=c1c2c(ncn2Cc2ccccc2)n(-c2cccc(F)c2)c(=O)n1C1CCCC1. The van der Waals surface area contributed by atoms with Gasteiger partial charge in [-0.15, -0.1) is 0 Å². The minimum Gasteiger partial charge on any atom is -0.320 e. The lowest BCUT2D eigenvalue weighted by Crippen LogP contribution is -2.41. The van der Waals surface area contributed by atoms with Crippen molar-refractivity contribution >= 4 is 11.2 Å². The minimum atomic E-state index is -0.463. The van der Waals surface area contributed by atoms with Gasteiger partial charge in [-0.2, -0.15) is 0 Å². The molecule has 152 valence electrons. The van der Waals surface area contributed by atoms with E-state index < -0.39 is 11.5 Å². The van der Waals surface area contributed by atoms with Crippen LogP contribution < -0.4 is 11.2 Å². The van der Waals surface area contributed by atoms with Gasteiger partial charge in [0.25, 0.3) is 5.56 Å². The Bertz CT molecular complexity index is 1330. The smallest absolute Gasteiger partial charge is 0.320 e. The Morgan fingerprint density at radius 3 is 2.50 bits per heavy atom. The van der Waals surface area contributed by atoms with Gasteiger partial charge in [0.2, 0.25) is 0 Å². The summed E-state index contributed by atoms with van der Waals surface area (Å²) >= 11 is 0. The molecule has 0 saturated heterocycles. The number of hydrogen-bond acceptors (Lipinski definition) is 3. The predicted octanol–water partition coefficient (Wildman–Crippen LogP) is 3.65. The largest absolute Gasteiger partial charge is 0.337 e. The number of rotatable bonds is 4. The molecule has 1 aliphatic rings. The lowest BCUT2D eigenvalue weighted by molar-refractivity contribution is 0.474. The van der Waals surface area contributed by atoms with Crippen LogP contribution in [0.1, 0.15) is 37.3 Å². The molecule has 0 aliphatic heterocycles. The quantitative estimate of drug-likeness (QED) is 0.522. The summed E-state index contributed by atoms with van der Waals surface area (Å²) in [5, 5.41) is 0. The molecule has 5 rings (SSSR count). The lowest BCUT2D eigenvalue weighted by atomic mass is 10.2. The normalized spacial score (nSPS) is 14.6. The Balaban J connectivity index is 1.80. The van der Waals surface area contributed by atoms with Crippen molar-refractivity contribution in [2.24, 2.45) is 0 Å². The molecule has 2 heterocycles. The predicted molar refractivity (Wildman–Crippen MR) is 113 cm³/mol. The highest BCUT2D eigenvalue weighted by atomic mass is 19.1. The van der Waals surface area contributed by atoms with Gasteiger partial charge in [-0.3, -0.25) is 9.36 Å². The molecule has 2 aromatic heterocycles. The second-order valence-electron chi connectivity index (χ2n) is 7.74. The Labute approximate surface area is 171 Å². The molecule has 7 heteroatoms. The summed E-state index contributed by atoms with van der Waals surface area (Å²) in [5.41, 5.74) is 1.20. The molecule has 1 saturated carbocycles. The molecule has 30 heavy (non-hydrogen) atoms. The summed E-state index contributed by atoms with van der Waals surface area (Å²) in [6.45, 7) is 0.457. The fraction of sp³-hybridized carbons (Fsp3) is 0.261. The first-order chi connectivity index (χ1) is 14.6. The fourth-order valence-corrected chi connectivity index (χ4v) is 4.39. The highest BCUT2D eigenvalue weighted by Gasteiger charge is 2.26. The van der Waals surface area contributed by atoms with Crippen molar-refractivity contribution in [3.05, 3.63) is 93.1 Å². The van der Waals surface area contributed by atoms with Crippen molar-refractivity contribution in [1.82, 2.24) is 18.7 Å². The number of hydrogen-bond donors (Lipinski definition) is 0. The van der Waals surface area contributed by atoms with Crippen LogP contribution in [-0.2, 0) is 6.54 Å². The maximum atomic E-state index is 13.9. The van der Waals surface area contributed by atoms with Crippen molar-refractivity contribution in [3.8, 4) is 5.69 Å². The molecular formula is C23H21FN4O2. The Morgan fingerprint density at radius 1 is 1.00 bits per heavy atom. The van der Waals surface area contributed by atoms with Gasteiger partial charge in [-0.05, 0) is 36.6 Å². The van der Waals surface area contributed by atoms with Gasteiger partial charge in [0.15, 0.2) is 11.2 Å². The monoisotopic (exact) mass is 404 g/mol. The molecular weight excluding hydrogens is 383 g/mol. The van der Waals surface area contributed by atoms with E-state index in [0.29, 0.717) is 17.7 Å². The van der Waals surface area contributed by atoms with Gasteiger partial charge in [0.05, 0.1) is 12.0 Å². The van der Waals surface area contributed by atoms with Crippen LogP contribution in [0.25, 0.3) is 16.9 Å². The number of halogens is 1. The topological polar surface area (TPSA) is 61.8 Å². The minimum absolute atomic E-state index is 0.144. The molecule has 0 unspecified atom stereocenters. The third-order valence-corrected chi connectivity index (χ3v) is 5.80. The summed E-state index contributed by atoms with van der Waals surface area (Å²) < 4.78 is 18.4. The maximum absolute atomic E-state index is 13.9. The zero-order chi connectivity index (χ0) is 20.7. The van der Waals surface area contributed by atoms with Crippen LogP contribution in [0.15, 0.2) is 70.5 Å². The Morgan fingerprint density at radius 2 is 1.77 bits per heavy atom. The van der Waals surface area contributed by atoms with Gasteiger partial charge in [0, 0.05) is 12.6 Å². The van der Waals surface area contributed by atoms with Crippen LogP contribution in [0.3, 0.4) is 0 Å². The van der Waals surface area contributed by atoms with Crippen molar-refractivity contribution in [2.75, 3.05) is 0 Å². The van der Waals surface area contributed by atoms with Crippen molar-refractivity contribution in [3.63, 3.8) is 0 Å². The van der Waals surface area contributed by atoms with E-state index in [1.165, 1.54) is 21.3 Å². The van der Waals surface area contributed by atoms with E-state index in [2.05, 4.69) is 4.98 Å². The standard InChI is InChI=1S/C23H21FN4O2/c24-17-9-6-12-19(13-17)27-21-20(22(29)28(23(27)30)18-10-4-5-11-18)26(15-25-21)14-16-7-2-1-3-8-16/h1-3,6-9,12-13,15,18H,4-5,10-11,14H2. The number of nitrogens with zero attached hydrogens (tertiary/aromatic N) is 4. The molecule has 0 bridgehead atoms. The zero-order valence-electron chi connectivity index (χ0n) is 16.4. The first-order valence-electron chi connectivity index (χ1n) is 10.2. The van der Waals surface area contributed by atoms with Crippen molar-refractivity contribution < 1.29 is 4.39 Å². The lowest BCUT2D eigenvalue weighted by Gasteiger charge is -2.17. The fourth-order valence-electron chi connectivity index (χ4n) is 4.39. The van der Waals surface area contributed by atoms with Crippen molar-refractivity contribution in [1.29, 1.82) is 0 Å². The highest BCUT2D eigenvalue weighted by Crippen LogP contribution is 2.28. The third-order valence-electron chi connectivity index (χ3n) is 5.80. The van der Waals surface area contributed by atoms with E-state index in [-0.39, 0.29) is 17.2 Å². The third kappa shape index (κ3) is 3.07.